The molecule has 2 N–H and O–H groups in total. The van der Waals surface area contributed by atoms with Gasteiger partial charge in [0.1, 0.15) is 11.8 Å². The number of nitrogens with one attached hydrogen (secondary N) is 2. The second kappa shape index (κ2) is 11.6. The minimum atomic E-state index is -1.09. The quantitative estimate of drug-likeness (QED) is 0.388. The van der Waals surface area contributed by atoms with Crippen LogP contribution in [0.25, 0.3) is 0 Å². The lowest BCUT2D eigenvalue weighted by molar-refractivity contribution is -0.128. The van der Waals surface area contributed by atoms with Crippen molar-refractivity contribution >= 4 is 52.4 Å². The molecule has 3 amide bonds. The van der Waals surface area contributed by atoms with Crippen LogP contribution in [0.1, 0.15) is 51.0 Å². The molecular formula is C26H28Cl2N4O4. The molecule has 10 heteroatoms. The molecular weight excluding hydrogens is 503 g/mol. The van der Waals surface area contributed by atoms with Crippen molar-refractivity contribution in [3.05, 3.63) is 76.0 Å². The summed E-state index contributed by atoms with van der Waals surface area (Å²) in [4.78, 5) is 41.1. The first-order valence-corrected chi connectivity index (χ1v) is 12.1. The van der Waals surface area contributed by atoms with E-state index in [1.807, 2.05) is 20.8 Å². The first-order chi connectivity index (χ1) is 16.9. The van der Waals surface area contributed by atoms with Crippen LogP contribution in [0.2, 0.25) is 10.0 Å². The third-order valence-corrected chi connectivity index (χ3v) is 5.64. The summed E-state index contributed by atoms with van der Waals surface area (Å²) in [5, 5.41) is 10.1. The fourth-order valence-corrected chi connectivity index (χ4v) is 3.91. The Bertz CT molecular complexity index is 1240. The number of benzene rings is 2. The van der Waals surface area contributed by atoms with Gasteiger partial charge in [-0.1, -0.05) is 46.6 Å². The van der Waals surface area contributed by atoms with Crippen molar-refractivity contribution in [2.24, 2.45) is 0 Å². The van der Waals surface area contributed by atoms with Crippen LogP contribution in [0.5, 0.6) is 0 Å². The molecule has 3 rings (SSSR count). The van der Waals surface area contributed by atoms with Crippen LogP contribution >= 0.6 is 23.2 Å². The summed E-state index contributed by atoms with van der Waals surface area (Å²) in [5.74, 6) is -0.471. The number of hydrogen-bond acceptors (Lipinski definition) is 5. The number of hydrogen-bond donors (Lipinski definition) is 2. The molecule has 0 saturated carbocycles. The summed E-state index contributed by atoms with van der Waals surface area (Å²) in [6.45, 7) is 7.24. The molecule has 0 bridgehead atoms. The zero-order valence-electron chi connectivity index (χ0n) is 20.5. The monoisotopic (exact) mass is 530 g/mol. The van der Waals surface area contributed by atoms with E-state index in [0.29, 0.717) is 27.1 Å². The molecule has 0 unspecified atom stereocenters. The lowest BCUT2D eigenvalue weighted by Gasteiger charge is -2.34. The van der Waals surface area contributed by atoms with Gasteiger partial charge in [-0.25, -0.2) is 0 Å². The van der Waals surface area contributed by atoms with Crippen molar-refractivity contribution in [2.45, 2.75) is 52.1 Å². The largest absolute Gasteiger partial charge is 0.360 e. The number of halogens is 2. The summed E-state index contributed by atoms with van der Waals surface area (Å²) in [5.41, 5.74) is 0.318. The Hall–Kier alpha value is -3.36. The Balaban J connectivity index is 1.96. The van der Waals surface area contributed by atoms with Gasteiger partial charge < -0.3 is 15.2 Å². The molecule has 0 aliphatic carbocycles. The number of rotatable bonds is 8. The van der Waals surface area contributed by atoms with Gasteiger partial charge in [-0.3, -0.25) is 19.3 Å². The zero-order valence-corrected chi connectivity index (χ0v) is 22.0. The third-order valence-electron chi connectivity index (χ3n) is 5.04. The lowest BCUT2D eigenvalue weighted by atomic mass is 10.00. The van der Waals surface area contributed by atoms with Crippen LogP contribution in [-0.2, 0) is 14.4 Å². The number of aryl methyl sites for hydroxylation is 1. The molecule has 2 aromatic carbocycles. The van der Waals surface area contributed by atoms with Gasteiger partial charge >= 0.3 is 0 Å². The fourth-order valence-electron chi connectivity index (χ4n) is 3.54. The Morgan fingerprint density at radius 2 is 1.69 bits per heavy atom. The van der Waals surface area contributed by atoms with Crippen LogP contribution in [0.3, 0.4) is 0 Å². The van der Waals surface area contributed by atoms with Gasteiger partial charge in [0, 0.05) is 45.7 Å². The van der Waals surface area contributed by atoms with Crippen LogP contribution in [0.15, 0.2) is 59.1 Å². The van der Waals surface area contributed by atoms with Crippen molar-refractivity contribution in [1.29, 1.82) is 0 Å². The van der Waals surface area contributed by atoms with Gasteiger partial charge in [0.25, 0.3) is 0 Å². The molecule has 1 heterocycles. The number of amides is 3. The number of carbonyl (C=O) groups is 3. The molecule has 0 radical (unpaired) electrons. The minimum Gasteiger partial charge on any atom is -0.360 e. The SMILES string of the molecule is Cc1cc(NC(=O)CCC(=O)N(c2ccc(Cl)cc2)[C@@H](C(=O)NC(C)(C)C)c2ccccc2Cl)no1. The highest BCUT2D eigenvalue weighted by Crippen LogP contribution is 2.34. The van der Waals surface area contributed by atoms with E-state index >= 15 is 0 Å². The molecule has 1 atom stereocenters. The summed E-state index contributed by atoms with van der Waals surface area (Å²) in [6.07, 6.45) is -0.306. The molecule has 0 saturated heterocycles. The van der Waals surface area contributed by atoms with Gasteiger partial charge in [-0.15, -0.1) is 0 Å². The molecule has 0 aliphatic rings. The highest BCUT2D eigenvalue weighted by molar-refractivity contribution is 6.32. The van der Waals surface area contributed by atoms with Crippen LogP contribution in [0.4, 0.5) is 11.5 Å². The van der Waals surface area contributed by atoms with E-state index in [1.54, 1.807) is 61.5 Å². The molecule has 0 aliphatic heterocycles. The van der Waals surface area contributed by atoms with E-state index in [1.165, 1.54) is 4.90 Å². The summed E-state index contributed by atoms with van der Waals surface area (Å²) in [6, 6.07) is 13.9. The maximum atomic E-state index is 13.6. The van der Waals surface area contributed by atoms with Crippen molar-refractivity contribution in [1.82, 2.24) is 10.5 Å². The Morgan fingerprint density at radius 1 is 1.03 bits per heavy atom. The van der Waals surface area contributed by atoms with Crippen molar-refractivity contribution in [3.8, 4) is 0 Å². The van der Waals surface area contributed by atoms with E-state index in [4.69, 9.17) is 27.7 Å². The van der Waals surface area contributed by atoms with Crippen molar-refractivity contribution < 1.29 is 18.9 Å². The number of nitrogens with zero attached hydrogens (tertiary/aromatic N) is 2. The molecule has 36 heavy (non-hydrogen) atoms. The number of anilines is 2. The summed E-state index contributed by atoms with van der Waals surface area (Å²) in [7, 11) is 0. The van der Waals surface area contributed by atoms with Crippen molar-refractivity contribution in [3.63, 3.8) is 0 Å². The van der Waals surface area contributed by atoms with Gasteiger partial charge in [0.05, 0.1) is 0 Å². The van der Waals surface area contributed by atoms with E-state index in [0.717, 1.165) is 0 Å². The van der Waals surface area contributed by atoms with Crippen LogP contribution < -0.4 is 15.5 Å². The maximum Gasteiger partial charge on any atom is 0.248 e. The smallest absolute Gasteiger partial charge is 0.248 e. The normalized spacial score (nSPS) is 12.1. The topological polar surface area (TPSA) is 105 Å². The van der Waals surface area contributed by atoms with Gasteiger partial charge in [-0.05, 0) is 58.0 Å². The van der Waals surface area contributed by atoms with E-state index in [-0.39, 0.29) is 18.7 Å². The molecule has 0 spiro atoms. The maximum absolute atomic E-state index is 13.6. The predicted octanol–water partition coefficient (Wildman–Crippen LogP) is 5.70. The first-order valence-electron chi connectivity index (χ1n) is 11.3. The third kappa shape index (κ3) is 7.32. The molecule has 1 aromatic heterocycles. The van der Waals surface area contributed by atoms with Crippen LogP contribution in [-0.4, -0.2) is 28.4 Å². The molecule has 8 nitrogen and oxygen atoms in total. The zero-order chi connectivity index (χ0) is 26.5. The van der Waals surface area contributed by atoms with Gasteiger partial charge in [-0.2, -0.15) is 0 Å². The Kier molecular flexibility index (Phi) is 8.76. The second-order valence-electron chi connectivity index (χ2n) is 9.27. The highest BCUT2D eigenvalue weighted by atomic mass is 35.5. The summed E-state index contributed by atoms with van der Waals surface area (Å²) < 4.78 is 4.95. The standard InChI is InChI=1S/C26H28Cl2N4O4/c1-16-15-21(31-36-16)29-22(33)13-14-23(34)32(18-11-9-17(27)10-12-18)24(25(35)30-26(2,3)4)19-7-5-6-8-20(19)28/h5-12,15,24H,13-14H2,1-4H3,(H,30,35)(H,29,31,33)/t24-/m1/s1. The average molecular weight is 531 g/mol. The number of carbonyl (C=O) groups excluding carboxylic acids is 3. The highest BCUT2D eigenvalue weighted by Gasteiger charge is 2.35. The van der Waals surface area contributed by atoms with Gasteiger partial charge in [0.2, 0.25) is 17.7 Å². The Labute approximate surface area is 219 Å². The van der Waals surface area contributed by atoms with E-state index in [2.05, 4.69) is 15.8 Å². The average Bonchev–Trinajstić information content (AvgIpc) is 3.20. The van der Waals surface area contributed by atoms with E-state index < -0.39 is 29.3 Å². The van der Waals surface area contributed by atoms with Crippen LogP contribution in [0, 0.1) is 6.92 Å². The van der Waals surface area contributed by atoms with Gasteiger partial charge in [0.15, 0.2) is 5.82 Å². The Morgan fingerprint density at radius 3 is 2.28 bits per heavy atom. The second-order valence-corrected chi connectivity index (χ2v) is 10.1. The molecule has 190 valence electrons. The fraction of sp³-hybridized carbons (Fsp3) is 0.308. The number of aromatic nitrogens is 1. The lowest BCUT2D eigenvalue weighted by Crippen LogP contribution is -2.49. The molecule has 0 fully saturated rings. The molecule has 3 aromatic rings. The van der Waals surface area contributed by atoms with E-state index in [9.17, 15) is 14.4 Å². The summed E-state index contributed by atoms with van der Waals surface area (Å²) >= 11 is 12.6. The van der Waals surface area contributed by atoms with Crippen molar-refractivity contribution in [2.75, 3.05) is 10.2 Å². The predicted molar refractivity (Wildman–Crippen MR) is 140 cm³/mol. The minimum absolute atomic E-state index is 0.134. The first kappa shape index (κ1) is 27.2.